The number of carboxylic acid groups (broad SMARTS) is 1. The van der Waals surface area contributed by atoms with Gasteiger partial charge in [0.25, 0.3) is 0 Å². The summed E-state index contributed by atoms with van der Waals surface area (Å²) >= 11 is 0. The number of hydrogen-bond acceptors (Lipinski definition) is 5. The number of Topliss-reactive ketones (excluding diaryl/α,β-unsaturated/α-hetero) is 1. The van der Waals surface area contributed by atoms with Gasteiger partial charge in [0.05, 0.1) is 18.2 Å². The van der Waals surface area contributed by atoms with Gasteiger partial charge in [-0.05, 0) is 13.8 Å². The number of aliphatic carboxylic acids is 1. The molecule has 0 aliphatic heterocycles. The minimum atomic E-state index is -1.44. The fourth-order valence-electron chi connectivity index (χ4n) is 0. The first-order valence-electron chi connectivity index (χ1n) is 3.21. The van der Waals surface area contributed by atoms with Gasteiger partial charge in [-0.25, -0.2) is 0 Å². The van der Waals surface area contributed by atoms with E-state index in [0.717, 1.165) is 6.92 Å². The second kappa shape index (κ2) is 10.3. The summed E-state index contributed by atoms with van der Waals surface area (Å²) in [4.78, 5) is 19.1. The number of hydrogen-bond donors (Lipinski definition) is 2. The summed E-state index contributed by atoms with van der Waals surface area (Å²) in [5.74, 6) is -1.87. The van der Waals surface area contributed by atoms with Crippen molar-refractivity contribution in [3.05, 3.63) is 6.92 Å². The van der Waals surface area contributed by atoms with Crippen LogP contribution in [0.3, 0.4) is 0 Å². The molecule has 5 nitrogen and oxygen atoms in total. The van der Waals surface area contributed by atoms with Crippen molar-refractivity contribution in [1.29, 1.82) is 0 Å². The molecule has 0 saturated heterocycles. The zero-order chi connectivity index (χ0) is 10.3. The average molecular weight is 216 g/mol. The third-order valence-corrected chi connectivity index (χ3v) is 0.807. The number of rotatable bonds is 2. The number of carbonyl (C=O) groups excluding carboxylic acids is 2. The molecule has 0 amide bonds. The maximum Gasteiger partial charge on any atom is 2.00 e. The molecule has 2 atom stereocenters. The van der Waals surface area contributed by atoms with Crippen molar-refractivity contribution in [1.82, 2.24) is 0 Å². The van der Waals surface area contributed by atoms with Gasteiger partial charge in [-0.2, -0.15) is 0 Å². The summed E-state index contributed by atoms with van der Waals surface area (Å²) in [5.41, 5.74) is 0. The molecule has 0 rings (SSSR count). The zero-order valence-corrected chi connectivity index (χ0v) is 9.90. The molecular weight excluding hydrogens is 204 g/mol. The monoisotopic (exact) mass is 216 g/mol. The summed E-state index contributed by atoms with van der Waals surface area (Å²) in [5, 5.41) is 25.5. The first kappa shape index (κ1) is 18.9. The van der Waals surface area contributed by atoms with Gasteiger partial charge in [-0.15, -0.1) is 0 Å². The van der Waals surface area contributed by atoms with Crippen LogP contribution in [0.1, 0.15) is 13.8 Å². The Labute approximate surface area is 107 Å². The van der Waals surface area contributed by atoms with Crippen LogP contribution in [0.2, 0.25) is 0 Å². The fraction of sp³-hybridized carbons (Fsp3) is 0.571. The van der Waals surface area contributed by atoms with Gasteiger partial charge in [0.15, 0.2) is 0 Å². The SMILES string of the molecule is C[C@H](O)C(=O)[O-].[CH2-]C(=O)[C@H](C)O.[Ca+2]. The molecular formula is C7H12CaO5. The first-order chi connectivity index (χ1) is 5.29. The molecule has 0 aromatic rings. The predicted molar refractivity (Wildman–Crippen MR) is 44.5 cm³/mol. The third kappa shape index (κ3) is 18.9. The van der Waals surface area contributed by atoms with Crippen molar-refractivity contribution in [2.24, 2.45) is 0 Å². The van der Waals surface area contributed by atoms with E-state index < -0.39 is 24.0 Å². The van der Waals surface area contributed by atoms with Crippen LogP contribution >= 0.6 is 0 Å². The summed E-state index contributed by atoms with van der Waals surface area (Å²) < 4.78 is 0. The molecule has 0 aromatic carbocycles. The molecule has 2 N–H and O–H groups in total. The van der Waals surface area contributed by atoms with E-state index in [-0.39, 0.29) is 37.7 Å². The second-order valence-corrected chi connectivity index (χ2v) is 2.14. The standard InChI is InChI=1S/C4H7O2.C3H6O3.Ca/c1-3(5)4(2)6;1-2(4)3(5)6;/h4,6H,1H2,2H3;2,4H,1H3,(H,5,6);/q-1;;+2/p-1/t4-;2-;/m00./s1. The van der Waals surface area contributed by atoms with Crippen LogP contribution in [-0.4, -0.2) is 71.9 Å². The van der Waals surface area contributed by atoms with E-state index in [0.29, 0.717) is 0 Å². The van der Waals surface area contributed by atoms with Crippen LogP contribution in [0, 0.1) is 6.92 Å². The van der Waals surface area contributed by atoms with Crippen LogP contribution in [0.25, 0.3) is 0 Å². The molecule has 0 aliphatic carbocycles. The predicted octanol–water partition coefficient (Wildman–Crippen LogP) is -2.49. The van der Waals surface area contributed by atoms with Gasteiger partial charge in [0.2, 0.25) is 0 Å². The Balaban J connectivity index is -0.000000143. The van der Waals surface area contributed by atoms with Crippen LogP contribution < -0.4 is 5.11 Å². The molecule has 0 aromatic heterocycles. The third-order valence-electron chi connectivity index (χ3n) is 0.807. The fourth-order valence-corrected chi connectivity index (χ4v) is 0. The van der Waals surface area contributed by atoms with Gasteiger partial charge < -0.3 is 31.8 Å². The van der Waals surface area contributed by atoms with Gasteiger partial charge in [0.1, 0.15) is 0 Å². The van der Waals surface area contributed by atoms with Crippen molar-refractivity contribution in [2.75, 3.05) is 0 Å². The van der Waals surface area contributed by atoms with E-state index in [1.807, 2.05) is 0 Å². The maximum absolute atomic E-state index is 9.78. The van der Waals surface area contributed by atoms with E-state index in [4.69, 9.17) is 10.2 Å². The first-order valence-corrected chi connectivity index (χ1v) is 3.21. The number of ketones is 1. The minimum Gasteiger partial charge on any atom is -0.547 e. The molecule has 0 radical (unpaired) electrons. The maximum atomic E-state index is 9.78. The van der Waals surface area contributed by atoms with Crippen LogP contribution in [0.15, 0.2) is 0 Å². The average Bonchev–Trinajstić information content (AvgIpc) is 1.88. The van der Waals surface area contributed by atoms with Crippen LogP contribution in [0.5, 0.6) is 0 Å². The molecule has 6 heteroatoms. The summed E-state index contributed by atoms with van der Waals surface area (Å²) in [7, 11) is 0. The molecule has 0 fully saturated rings. The quantitative estimate of drug-likeness (QED) is 0.393. The topological polar surface area (TPSA) is 97.7 Å². The van der Waals surface area contributed by atoms with E-state index >= 15 is 0 Å². The van der Waals surface area contributed by atoms with Crippen molar-refractivity contribution < 1.29 is 24.9 Å². The minimum absolute atomic E-state index is 0. The molecule has 0 bridgehead atoms. The van der Waals surface area contributed by atoms with E-state index in [9.17, 15) is 14.7 Å². The number of carbonyl (C=O) groups is 2. The molecule has 0 aliphatic rings. The largest absolute Gasteiger partial charge is 2.00 e. The Morgan fingerprint density at radius 2 is 1.38 bits per heavy atom. The second-order valence-electron chi connectivity index (χ2n) is 2.14. The van der Waals surface area contributed by atoms with Crippen molar-refractivity contribution >= 4 is 49.5 Å². The van der Waals surface area contributed by atoms with Gasteiger partial charge in [-0.3, -0.25) is 0 Å². The molecule has 0 unspecified atom stereocenters. The van der Waals surface area contributed by atoms with Crippen molar-refractivity contribution in [2.45, 2.75) is 26.1 Å². The van der Waals surface area contributed by atoms with E-state index in [1.54, 1.807) is 0 Å². The van der Waals surface area contributed by atoms with Gasteiger partial charge in [-0.1, -0.05) is 0 Å². The number of aliphatic hydroxyl groups is 2. The Bertz CT molecular complexity index is 137. The van der Waals surface area contributed by atoms with Crippen LogP contribution in [0.4, 0.5) is 0 Å². The van der Waals surface area contributed by atoms with E-state index in [1.165, 1.54) is 6.92 Å². The molecule has 0 heterocycles. The summed E-state index contributed by atoms with van der Waals surface area (Å²) in [6, 6.07) is 0. The molecule has 13 heavy (non-hydrogen) atoms. The normalized spacial score (nSPS) is 12.6. The van der Waals surface area contributed by atoms with Crippen molar-refractivity contribution in [3.63, 3.8) is 0 Å². The Hall–Kier alpha value is 0.190. The van der Waals surface area contributed by atoms with Crippen LogP contribution in [-0.2, 0) is 9.59 Å². The smallest absolute Gasteiger partial charge is 0.547 e. The molecule has 72 valence electrons. The number of aliphatic hydroxyl groups excluding tert-OH is 2. The Morgan fingerprint density at radius 1 is 1.23 bits per heavy atom. The van der Waals surface area contributed by atoms with E-state index in [2.05, 4.69) is 6.92 Å². The van der Waals surface area contributed by atoms with Crippen molar-refractivity contribution in [3.8, 4) is 0 Å². The number of carboxylic acids is 1. The van der Waals surface area contributed by atoms with Gasteiger partial charge in [0, 0.05) is 5.78 Å². The zero-order valence-electron chi connectivity index (χ0n) is 7.69. The molecule has 0 saturated carbocycles. The Kier molecular flexibility index (Phi) is 14.9. The summed E-state index contributed by atoms with van der Waals surface area (Å²) in [6.45, 7) is 5.47. The van der Waals surface area contributed by atoms with Gasteiger partial charge >= 0.3 is 37.7 Å². The molecule has 0 spiro atoms. The summed E-state index contributed by atoms with van der Waals surface area (Å²) in [6.07, 6.45) is -2.24. The Morgan fingerprint density at radius 3 is 1.38 bits per heavy atom.